The third-order valence-corrected chi connectivity index (χ3v) is 12.0. The molecule has 0 fully saturated rings. The summed E-state index contributed by atoms with van der Waals surface area (Å²) in [5.41, 5.74) is 17.3. The van der Waals surface area contributed by atoms with Crippen molar-refractivity contribution in [3.63, 3.8) is 0 Å². The molecule has 0 amide bonds. The van der Waals surface area contributed by atoms with Crippen molar-refractivity contribution in [2.24, 2.45) is 15.0 Å². The second-order valence-electron chi connectivity index (χ2n) is 16.0. The highest BCUT2D eigenvalue weighted by molar-refractivity contribution is 6.16. The second-order valence-corrected chi connectivity index (χ2v) is 16.0. The van der Waals surface area contributed by atoms with Gasteiger partial charge in [0.15, 0.2) is 5.84 Å². The first-order valence-corrected chi connectivity index (χ1v) is 21.0. The van der Waals surface area contributed by atoms with Crippen molar-refractivity contribution in [1.82, 2.24) is 0 Å². The minimum absolute atomic E-state index is 0.728. The van der Waals surface area contributed by atoms with Gasteiger partial charge in [0.05, 0.1) is 17.1 Å². The lowest BCUT2D eigenvalue weighted by Gasteiger charge is -2.18. The van der Waals surface area contributed by atoms with Crippen LogP contribution in [0.15, 0.2) is 208 Å². The fraction of sp³-hybridized carbons (Fsp3) is 0.105. The van der Waals surface area contributed by atoms with Crippen molar-refractivity contribution in [3.8, 4) is 33.4 Å². The molecule has 0 aliphatic carbocycles. The summed E-state index contributed by atoms with van der Waals surface area (Å²) in [5.74, 6) is 0.728. The zero-order valence-electron chi connectivity index (χ0n) is 34.1. The lowest BCUT2D eigenvalue weighted by Crippen LogP contribution is -2.10. The van der Waals surface area contributed by atoms with E-state index < -0.39 is 0 Å². The second kappa shape index (κ2) is 16.2. The van der Waals surface area contributed by atoms with Gasteiger partial charge in [-0.2, -0.15) is 0 Å². The molecule has 0 N–H and O–H groups in total. The molecular weight excluding hydrogens is 727 g/mol. The van der Waals surface area contributed by atoms with Crippen LogP contribution >= 0.6 is 0 Å². The summed E-state index contributed by atoms with van der Waals surface area (Å²) in [6.07, 6.45) is 7.83. The molecule has 2 aliphatic rings. The number of nitrogens with zero attached hydrogens (tertiary/aromatic N) is 3. The molecule has 60 heavy (non-hydrogen) atoms. The summed E-state index contributed by atoms with van der Waals surface area (Å²) >= 11 is 0. The van der Waals surface area contributed by atoms with Crippen molar-refractivity contribution in [2.75, 3.05) is 0 Å². The Bertz CT molecular complexity index is 3080. The van der Waals surface area contributed by atoms with Crippen LogP contribution in [0, 0.1) is 0 Å². The number of aryl methyl sites for hydroxylation is 1. The summed E-state index contributed by atoms with van der Waals surface area (Å²) in [4.78, 5) is 15.8. The van der Waals surface area contributed by atoms with E-state index >= 15 is 0 Å². The van der Waals surface area contributed by atoms with Crippen molar-refractivity contribution in [1.29, 1.82) is 0 Å². The van der Waals surface area contributed by atoms with Gasteiger partial charge in [-0.25, -0.2) is 9.98 Å². The summed E-state index contributed by atoms with van der Waals surface area (Å²) in [5, 5.41) is 5.00. The highest BCUT2D eigenvalue weighted by Gasteiger charge is 2.19. The number of amidine groups is 1. The van der Waals surface area contributed by atoms with Crippen molar-refractivity contribution in [3.05, 3.63) is 215 Å². The molecule has 8 aromatic carbocycles. The van der Waals surface area contributed by atoms with E-state index in [0.29, 0.717) is 0 Å². The van der Waals surface area contributed by atoms with Gasteiger partial charge in [-0.15, -0.1) is 0 Å². The lowest BCUT2D eigenvalue weighted by atomic mass is 9.89. The number of aliphatic imine (C=N–C) groups is 3. The van der Waals surface area contributed by atoms with Gasteiger partial charge in [-0.1, -0.05) is 151 Å². The first-order chi connectivity index (χ1) is 29.6. The van der Waals surface area contributed by atoms with Gasteiger partial charge in [0.25, 0.3) is 0 Å². The molecule has 10 rings (SSSR count). The summed E-state index contributed by atoms with van der Waals surface area (Å²) < 4.78 is 0. The van der Waals surface area contributed by atoms with E-state index in [2.05, 4.69) is 190 Å². The maximum absolute atomic E-state index is 5.46. The Morgan fingerprint density at radius 1 is 0.383 bits per heavy atom. The van der Waals surface area contributed by atoms with Crippen molar-refractivity contribution < 1.29 is 0 Å². The smallest absolute Gasteiger partial charge is 0.160 e. The zero-order chi connectivity index (χ0) is 40.4. The van der Waals surface area contributed by atoms with Gasteiger partial charge in [0, 0.05) is 22.7 Å². The summed E-state index contributed by atoms with van der Waals surface area (Å²) in [6, 6.07) is 63.3. The summed E-state index contributed by atoms with van der Waals surface area (Å²) in [7, 11) is 0. The molecule has 0 unspecified atom stereocenters. The minimum Gasteiger partial charge on any atom is -0.256 e. The standard InChI is InChI=1S/C57H45N3/c1-38-25-28-51-49-23-12-13-24-50(49)53-37-45(27-29-52(53)56(51)58-32-31-38)43-21-14-22-44(33-43)47-34-46(40-15-6-3-7-16-40)35-48(36-47)55-39(2)26-30-54(41-17-8-4-9-18-41)59-57(60-55)42-19-10-5-11-20-42/h3-24,27,29,31-37H,25-26,28,30H2,1-2H3/b38-31-,55-39-,58-32-,59-54-,60-57-. The molecule has 288 valence electrons. The SMILES string of the molecule is C/C1=C/C=N\c2c(c3ccccc3c3cc(-c4cccc(-c5cc(C6=C(\C)CC/C(c7ccccc7)=N/C(c7ccccc7)=N\6)cc(-c6ccccc6)c5)c4)ccc23)CC1. The Balaban J connectivity index is 1.11. The van der Waals surface area contributed by atoms with Crippen LogP contribution in [0.1, 0.15) is 55.4 Å². The number of hydrogen-bond acceptors (Lipinski definition) is 3. The van der Waals surface area contributed by atoms with Crippen LogP contribution in [0.4, 0.5) is 5.69 Å². The van der Waals surface area contributed by atoms with Gasteiger partial charge >= 0.3 is 0 Å². The Hall–Kier alpha value is -7.23. The normalized spacial score (nSPS) is 18.7. The molecule has 0 saturated heterocycles. The van der Waals surface area contributed by atoms with E-state index in [1.54, 1.807) is 0 Å². The van der Waals surface area contributed by atoms with Crippen LogP contribution in [-0.4, -0.2) is 17.8 Å². The molecule has 0 aromatic heterocycles. The number of fused-ring (bicyclic) bond motifs is 6. The van der Waals surface area contributed by atoms with Gasteiger partial charge in [-0.3, -0.25) is 4.99 Å². The number of benzene rings is 8. The fourth-order valence-corrected chi connectivity index (χ4v) is 8.78. The molecule has 0 spiro atoms. The third kappa shape index (κ3) is 7.35. The third-order valence-electron chi connectivity index (χ3n) is 12.0. The van der Waals surface area contributed by atoms with E-state index in [-0.39, 0.29) is 0 Å². The van der Waals surface area contributed by atoms with Gasteiger partial charge in [0.1, 0.15) is 0 Å². The van der Waals surface area contributed by atoms with Crippen molar-refractivity contribution in [2.45, 2.75) is 39.5 Å². The van der Waals surface area contributed by atoms with Crippen LogP contribution in [-0.2, 0) is 6.42 Å². The summed E-state index contributed by atoms with van der Waals surface area (Å²) in [6.45, 7) is 4.43. The maximum Gasteiger partial charge on any atom is 0.160 e. The Kier molecular flexibility index (Phi) is 10.0. The quantitative estimate of drug-likeness (QED) is 0.151. The Morgan fingerprint density at radius 3 is 1.72 bits per heavy atom. The molecule has 0 saturated carbocycles. The predicted octanol–water partition coefficient (Wildman–Crippen LogP) is 15.0. The molecule has 2 heterocycles. The lowest BCUT2D eigenvalue weighted by molar-refractivity contribution is 0.949. The Morgan fingerprint density at radius 2 is 0.967 bits per heavy atom. The first-order valence-electron chi connectivity index (χ1n) is 21.0. The van der Waals surface area contributed by atoms with Gasteiger partial charge in [-0.05, 0) is 142 Å². The van der Waals surface area contributed by atoms with E-state index in [4.69, 9.17) is 15.0 Å². The van der Waals surface area contributed by atoms with Crippen molar-refractivity contribution >= 4 is 50.7 Å². The predicted molar refractivity (Wildman–Crippen MR) is 256 cm³/mol. The van der Waals surface area contributed by atoms with Crippen LogP contribution in [0.2, 0.25) is 0 Å². The number of hydrogen-bond donors (Lipinski definition) is 0. The van der Waals surface area contributed by atoms with Crippen LogP contribution in [0.5, 0.6) is 0 Å². The van der Waals surface area contributed by atoms with Gasteiger partial charge in [0.2, 0.25) is 0 Å². The minimum atomic E-state index is 0.728. The molecule has 0 atom stereocenters. The molecule has 3 heteroatoms. The highest BCUT2D eigenvalue weighted by Crippen LogP contribution is 2.42. The van der Waals surface area contributed by atoms with E-state index in [1.807, 2.05) is 12.3 Å². The molecule has 0 bridgehead atoms. The highest BCUT2D eigenvalue weighted by atomic mass is 14.9. The monoisotopic (exact) mass is 771 g/mol. The molecule has 8 aromatic rings. The van der Waals surface area contributed by atoms with Crippen LogP contribution in [0.3, 0.4) is 0 Å². The zero-order valence-corrected chi connectivity index (χ0v) is 34.1. The average molecular weight is 772 g/mol. The first kappa shape index (κ1) is 37.1. The van der Waals surface area contributed by atoms with E-state index in [1.165, 1.54) is 54.9 Å². The molecule has 0 radical (unpaired) electrons. The van der Waals surface area contributed by atoms with Crippen LogP contribution < -0.4 is 0 Å². The largest absolute Gasteiger partial charge is 0.256 e. The maximum atomic E-state index is 5.46. The van der Waals surface area contributed by atoms with Crippen LogP contribution in [0.25, 0.3) is 60.6 Å². The average Bonchev–Trinajstić information content (AvgIpc) is 3.30. The number of rotatable bonds is 6. The van der Waals surface area contributed by atoms with E-state index in [9.17, 15) is 0 Å². The number of allylic oxidation sites excluding steroid dienone is 3. The van der Waals surface area contributed by atoms with Gasteiger partial charge < -0.3 is 0 Å². The molecule has 2 aliphatic heterocycles. The molecular formula is C57H45N3. The fourth-order valence-electron chi connectivity index (χ4n) is 8.78. The van der Waals surface area contributed by atoms with E-state index in [0.717, 1.165) is 82.0 Å². The molecule has 3 nitrogen and oxygen atoms in total. The Labute approximate surface area is 352 Å². The topological polar surface area (TPSA) is 37.1 Å².